The van der Waals surface area contributed by atoms with Gasteiger partial charge in [-0.15, -0.1) is 16.4 Å². The molecule has 1 aliphatic rings. The minimum atomic E-state index is -0.193. The van der Waals surface area contributed by atoms with Gasteiger partial charge in [-0.25, -0.2) is 10.5 Å². The van der Waals surface area contributed by atoms with Gasteiger partial charge in [-0.1, -0.05) is 23.9 Å². The van der Waals surface area contributed by atoms with Crippen LogP contribution in [0.3, 0.4) is 0 Å². The van der Waals surface area contributed by atoms with Crippen LogP contribution in [0.4, 0.5) is 10.9 Å². The number of nitriles is 1. The second-order valence-electron chi connectivity index (χ2n) is 7.37. The van der Waals surface area contributed by atoms with Gasteiger partial charge in [0.25, 0.3) is 0 Å². The van der Waals surface area contributed by atoms with E-state index in [1.165, 1.54) is 28.0 Å². The van der Waals surface area contributed by atoms with Gasteiger partial charge in [0.2, 0.25) is 17.0 Å². The number of amides is 1. The highest BCUT2D eigenvalue weighted by atomic mass is 32.2. The van der Waals surface area contributed by atoms with Crippen LogP contribution in [0.2, 0.25) is 0 Å². The van der Waals surface area contributed by atoms with Gasteiger partial charge in [-0.3, -0.25) is 4.79 Å². The van der Waals surface area contributed by atoms with Crippen LogP contribution < -0.4 is 15.5 Å². The van der Waals surface area contributed by atoms with Crippen molar-refractivity contribution in [3.63, 3.8) is 0 Å². The van der Waals surface area contributed by atoms with Crippen LogP contribution in [0, 0.1) is 11.3 Å². The van der Waals surface area contributed by atoms with Crippen molar-refractivity contribution in [2.45, 2.75) is 37.8 Å². The first kappa shape index (κ1) is 22.8. The lowest BCUT2D eigenvalue weighted by atomic mass is 9.96. The number of rotatable bonds is 8. The van der Waals surface area contributed by atoms with Crippen molar-refractivity contribution in [1.29, 1.82) is 5.26 Å². The number of nitrogens with one attached hydrogen (secondary N) is 3. The fourth-order valence-electron chi connectivity index (χ4n) is 3.48. The van der Waals surface area contributed by atoms with Crippen LogP contribution in [0.15, 0.2) is 34.5 Å². The topological polar surface area (TPSA) is 128 Å². The van der Waals surface area contributed by atoms with E-state index in [-0.39, 0.29) is 11.7 Å². The minimum Gasteiger partial charge on any atom is -0.497 e. The molecule has 3 aromatic rings. The van der Waals surface area contributed by atoms with Crippen LogP contribution in [0.5, 0.6) is 5.75 Å². The number of aromatic amines is 1. The molecule has 4 rings (SSSR count). The van der Waals surface area contributed by atoms with Gasteiger partial charge < -0.3 is 10.1 Å². The first-order chi connectivity index (χ1) is 16.1. The van der Waals surface area contributed by atoms with E-state index in [4.69, 9.17) is 4.74 Å². The summed E-state index contributed by atoms with van der Waals surface area (Å²) >= 11 is 2.72. The Balaban J connectivity index is 1.31. The average Bonchev–Trinajstić information content (AvgIpc) is 3.44. The number of anilines is 2. The van der Waals surface area contributed by atoms with E-state index in [0.717, 1.165) is 48.3 Å². The molecule has 0 fully saturated rings. The predicted molar refractivity (Wildman–Crippen MR) is 130 cm³/mol. The third-order valence-corrected chi connectivity index (χ3v) is 7.20. The number of thiophene rings is 1. The zero-order valence-electron chi connectivity index (χ0n) is 18.3. The van der Waals surface area contributed by atoms with E-state index in [1.807, 2.05) is 31.2 Å². The Morgan fingerprint density at radius 3 is 3.06 bits per heavy atom. The first-order valence-electron chi connectivity index (χ1n) is 10.4. The highest BCUT2D eigenvalue weighted by Gasteiger charge is 2.22. The molecule has 11 heteroatoms. The molecule has 0 spiro atoms. The molecule has 1 aromatic carbocycles. The average molecular weight is 482 g/mol. The van der Waals surface area contributed by atoms with Gasteiger partial charge in [0.05, 0.1) is 24.1 Å². The van der Waals surface area contributed by atoms with Crippen molar-refractivity contribution in [2.75, 3.05) is 23.6 Å². The molecule has 0 saturated heterocycles. The molecule has 1 aliphatic carbocycles. The Morgan fingerprint density at radius 2 is 2.24 bits per heavy atom. The normalized spacial score (nSPS) is 13.2. The summed E-state index contributed by atoms with van der Waals surface area (Å²) < 4.78 is 5.23. The smallest absolute Gasteiger partial charge is 0.240 e. The number of methoxy groups -OCH3 is 1. The lowest BCUT2D eigenvalue weighted by molar-refractivity contribution is -0.113. The maximum absolute atomic E-state index is 12.4. The number of hydrogen-bond acceptors (Lipinski definition) is 9. The van der Waals surface area contributed by atoms with Crippen molar-refractivity contribution < 1.29 is 9.53 Å². The molecule has 0 bridgehead atoms. The summed E-state index contributed by atoms with van der Waals surface area (Å²) in [6, 6.07) is 9.85. The second kappa shape index (κ2) is 10.5. The van der Waals surface area contributed by atoms with Crippen molar-refractivity contribution in [3.05, 3.63) is 45.8 Å². The van der Waals surface area contributed by atoms with Crippen LogP contribution >= 0.6 is 23.1 Å². The molecule has 9 nitrogen and oxygen atoms in total. The molecule has 1 amide bonds. The quantitative estimate of drug-likeness (QED) is 0.250. The Labute approximate surface area is 199 Å². The van der Waals surface area contributed by atoms with Crippen molar-refractivity contribution in [3.8, 4) is 11.8 Å². The van der Waals surface area contributed by atoms with Crippen LogP contribution in [-0.4, -0.2) is 39.7 Å². The molecule has 170 valence electrons. The summed E-state index contributed by atoms with van der Waals surface area (Å²) in [4.78, 5) is 18.0. The van der Waals surface area contributed by atoms with Gasteiger partial charge in [-0.05, 0) is 50.3 Å². The Kier molecular flexibility index (Phi) is 7.26. The summed E-state index contributed by atoms with van der Waals surface area (Å²) in [5.41, 5.74) is 6.23. The molecular formula is C22H23N7O2S2. The molecule has 3 N–H and O–H groups in total. The SMILES string of the molecule is COc1cccc(/C(C)=N/Nc2nc(SCC(=O)Nc3sc4c(c3C#N)CCCC4)n[nH]2)c1. The fraction of sp³-hybridized carbons (Fsp3) is 0.318. The molecule has 0 atom stereocenters. The number of benzene rings is 1. The molecule has 0 radical (unpaired) electrons. The summed E-state index contributed by atoms with van der Waals surface area (Å²) in [6.45, 7) is 1.87. The number of carbonyl (C=O) groups is 1. The van der Waals surface area contributed by atoms with Crippen molar-refractivity contribution >= 4 is 45.7 Å². The van der Waals surface area contributed by atoms with Crippen molar-refractivity contribution in [1.82, 2.24) is 15.2 Å². The van der Waals surface area contributed by atoms with E-state index in [0.29, 0.717) is 21.7 Å². The second-order valence-corrected chi connectivity index (χ2v) is 9.42. The van der Waals surface area contributed by atoms with Gasteiger partial charge in [0, 0.05) is 10.4 Å². The molecule has 0 saturated carbocycles. The maximum Gasteiger partial charge on any atom is 0.240 e. The van der Waals surface area contributed by atoms with Crippen LogP contribution in [0.1, 0.15) is 41.3 Å². The van der Waals surface area contributed by atoms with E-state index in [2.05, 4.69) is 37.1 Å². The number of hydrogen-bond donors (Lipinski definition) is 3. The van der Waals surface area contributed by atoms with Crippen molar-refractivity contribution in [2.24, 2.45) is 5.10 Å². The Morgan fingerprint density at radius 1 is 1.39 bits per heavy atom. The molecule has 2 aromatic heterocycles. The third-order valence-electron chi connectivity index (χ3n) is 5.15. The molecule has 2 heterocycles. The zero-order valence-corrected chi connectivity index (χ0v) is 19.9. The molecule has 0 aliphatic heterocycles. The summed E-state index contributed by atoms with van der Waals surface area (Å²) in [6.07, 6.45) is 4.11. The van der Waals surface area contributed by atoms with E-state index in [1.54, 1.807) is 7.11 Å². The largest absolute Gasteiger partial charge is 0.497 e. The fourth-order valence-corrected chi connectivity index (χ4v) is 5.33. The number of carbonyl (C=O) groups excluding carboxylic acids is 1. The van der Waals surface area contributed by atoms with Crippen LogP contribution in [-0.2, 0) is 17.6 Å². The Bertz CT molecular complexity index is 1230. The number of aromatic nitrogens is 3. The number of thioether (sulfide) groups is 1. The Hall–Kier alpha value is -3.36. The molecule has 0 unspecified atom stereocenters. The lowest BCUT2D eigenvalue weighted by Crippen LogP contribution is -2.14. The van der Waals surface area contributed by atoms with Gasteiger partial charge >= 0.3 is 0 Å². The number of ether oxygens (including phenoxy) is 1. The summed E-state index contributed by atoms with van der Waals surface area (Å²) in [5.74, 6) is 1.07. The standard InChI is InChI=1S/C22H23N7O2S2/c1-13(14-6-5-7-15(10-14)31-2)26-27-21-25-22(29-28-21)32-12-19(30)24-20-17(11-23)16-8-3-4-9-18(16)33-20/h5-7,10H,3-4,8-9,12H2,1-2H3,(H,24,30)(H2,25,27,28,29)/b26-13+. The number of hydrazone groups is 1. The third kappa shape index (κ3) is 5.53. The van der Waals surface area contributed by atoms with Gasteiger partial charge in [0.1, 0.15) is 16.8 Å². The van der Waals surface area contributed by atoms with Gasteiger partial charge in [-0.2, -0.15) is 15.3 Å². The number of aryl methyl sites for hydroxylation is 1. The highest BCUT2D eigenvalue weighted by molar-refractivity contribution is 7.99. The minimum absolute atomic E-state index is 0.136. The number of H-pyrrole nitrogens is 1. The van der Waals surface area contributed by atoms with Gasteiger partial charge in [0.15, 0.2) is 0 Å². The van der Waals surface area contributed by atoms with E-state index >= 15 is 0 Å². The zero-order chi connectivity index (χ0) is 23.2. The van der Waals surface area contributed by atoms with E-state index in [9.17, 15) is 10.1 Å². The van der Waals surface area contributed by atoms with Crippen LogP contribution in [0.25, 0.3) is 0 Å². The number of fused-ring (bicyclic) bond motifs is 1. The summed E-state index contributed by atoms with van der Waals surface area (Å²) in [7, 11) is 1.62. The summed E-state index contributed by atoms with van der Waals surface area (Å²) in [5, 5.41) is 24.7. The highest BCUT2D eigenvalue weighted by Crippen LogP contribution is 2.37. The van der Waals surface area contributed by atoms with E-state index < -0.39 is 0 Å². The number of nitrogens with zero attached hydrogens (tertiary/aromatic N) is 4. The lowest BCUT2D eigenvalue weighted by Gasteiger charge is -2.09. The molecule has 33 heavy (non-hydrogen) atoms. The predicted octanol–water partition coefficient (Wildman–Crippen LogP) is 4.19. The molecular weight excluding hydrogens is 458 g/mol. The maximum atomic E-state index is 12.4. The first-order valence-corrected chi connectivity index (χ1v) is 12.2. The monoisotopic (exact) mass is 481 g/mol.